The number of alkyl halides is 1. The number of carbonyl (C=O) groups excluding carboxylic acids is 1. The smallest absolute Gasteiger partial charge is 0.237 e. The van der Waals surface area contributed by atoms with Gasteiger partial charge >= 0.3 is 0 Å². The van der Waals surface area contributed by atoms with E-state index in [-0.39, 0.29) is 11.8 Å². The van der Waals surface area contributed by atoms with Crippen LogP contribution in [0.5, 0.6) is 23.1 Å². The molecule has 0 unspecified atom stereocenters. The molecule has 1 aliphatic heterocycles. The third-order valence-corrected chi connectivity index (χ3v) is 6.56. The van der Waals surface area contributed by atoms with Gasteiger partial charge < -0.3 is 24.1 Å². The fourth-order valence-corrected chi connectivity index (χ4v) is 4.58. The molecule has 0 saturated carbocycles. The van der Waals surface area contributed by atoms with Gasteiger partial charge in [0, 0.05) is 55.4 Å². The molecule has 4 aromatic rings. The van der Waals surface area contributed by atoms with Gasteiger partial charge in [0.15, 0.2) is 11.5 Å². The molecule has 1 fully saturated rings. The average Bonchev–Trinajstić information content (AvgIpc) is 3.27. The Kier molecular flexibility index (Phi) is 7.11. The highest BCUT2D eigenvalue weighted by atomic mass is 35.5. The van der Waals surface area contributed by atoms with Crippen molar-refractivity contribution in [2.75, 3.05) is 52.3 Å². The number of carbonyl (C=O) groups is 1. The van der Waals surface area contributed by atoms with Crippen LogP contribution in [0.15, 0.2) is 42.7 Å². The molecule has 0 atom stereocenters. The van der Waals surface area contributed by atoms with Crippen molar-refractivity contribution in [2.45, 2.75) is 6.92 Å². The monoisotopic (exact) mass is 509 g/mol. The number of ether oxygens (including phenoxy) is 3. The summed E-state index contributed by atoms with van der Waals surface area (Å²) in [5.41, 5.74) is 2.85. The number of amides is 1. The Labute approximate surface area is 213 Å². The van der Waals surface area contributed by atoms with Crippen molar-refractivity contribution in [3.8, 4) is 23.1 Å². The molecule has 1 aliphatic rings. The summed E-state index contributed by atoms with van der Waals surface area (Å²) in [6.45, 7) is 6.20. The number of fused-ring (bicyclic) bond motifs is 2. The quantitative estimate of drug-likeness (QED) is 0.359. The number of nitrogens with one attached hydrogen (secondary N) is 1. The predicted octanol–water partition coefficient (Wildman–Crippen LogP) is 3.98. The molecule has 1 saturated heterocycles. The number of hydrogen-bond acceptors (Lipinski definition) is 7. The molecular weight excluding hydrogens is 482 g/mol. The van der Waals surface area contributed by atoms with Gasteiger partial charge in [-0.1, -0.05) is 0 Å². The fourth-order valence-electron chi connectivity index (χ4n) is 4.42. The van der Waals surface area contributed by atoms with Crippen LogP contribution in [-0.4, -0.2) is 83.0 Å². The molecule has 1 amide bonds. The summed E-state index contributed by atoms with van der Waals surface area (Å²) in [5.74, 6) is 2.34. The van der Waals surface area contributed by atoms with Crippen LogP contribution in [-0.2, 0) is 4.79 Å². The van der Waals surface area contributed by atoms with E-state index in [0.29, 0.717) is 48.3 Å². The number of nitrogens with zero attached hydrogens (tertiary/aromatic N) is 4. The van der Waals surface area contributed by atoms with Crippen LogP contribution >= 0.6 is 11.6 Å². The van der Waals surface area contributed by atoms with E-state index in [4.69, 9.17) is 25.8 Å². The van der Waals surface area contributed by atoms with Gasteiger partial charge in [-0.15, -0.1) is 11.6 Å². The number of piperazine rings is 1. The maximum atomic E-state index is 11.7. The van der Waals surface area contributed by atoms with Crippen molar-refractivity contribution in [1.29, 1.82) is 0 Å². The van der Waals surface area contributed by atoms with Crippen LogP contribution in [0, 0.1) is 6.92 Å². The second-order valence-electron chi connectivity index (χ2n) is 8.71. The highest BCUT2D eigenvalue weighted by molar-refractivity contribution is 6.27. The largest absolute Gasteiger partial charge is 0.493 e. The molecule has 0 bridgehead atoms. The van der Waals surface area contributed by atoms with E-state index in [9.17, 15) is 4.79 Å². The van der Waals surface area contributed by atoms with E-state index < -0.39 is 0 Å². The molecule has 0 aliphatic carbocycles. The van der Waals surface area contributed by atoms with E-state index in [1.165, 1.54) is 6.33 Å². The highest BCUT2D eigenvalue weighted by Crippen LogP contribution is 2.36. The van der Waals surface area contributed by atoms with E-state index >= 15 is 0 Å². The standard InChI is InChI=1S/C26H28ClN5O4/c1-17-11-18-12-19(3-4-21(18)30-17)36-26-20-13-23(34-2)24(14-22(20)28-16-29-26)35-10-9-31-5-7-32(8-6-31)25(33)15-27/h3-4,11-14,16,30H,5-10,15H2,1-2H3. The SMILES string of the molecule is COc1cc2c(Oc3ccc4[nH]c(C)cc4c3)ncnc2cc1OCCN1CCN(C(=O)CCl)CC1. The van der Waals surface area contributed by atoms with Gasteiger partial charge in [-0.25, -0.2) is 9.97 Å². The molecule has 0 spiro atoms. The summed E-state index contributed by atoms with van der Waals surface area (Å²) in [7, 11) is 1.60. The van der Waals surface area contributed by atoms with E-state index in [0.717, 1.165) is 41.6 Å². The minimum atomic E-state index is -0.0149. The van der Waals surface area contributed by atoms with E-state index in [2.05, 4.69) is 25.9 Å². The Morgan fingerprint density at radius 1 is 1.08 bits per heavy atom. The number of halogens is 1. The van der Waals surface area contributed by atoms with Gasteiger partial charge in [0.1, 0.15) is 24.6 Å². The van der Waals surface area contributed by atoms with Gasteiger partial charge in [-0.2, -0.15) is 0 Å². The normalized spacial score (nSPS) is 14.4. The van der Waals surface area contributed by atoms with Crippen LogP contribution in [0.1, 0.15) is 5.69 Å². The number of aromatic nitrogens is 3. The van der Waals surface area contributed by atoms with Gasteiger partial charge in [0.05, 0.1) is 18.0 Å². The van der Waals surface area contributed by atoms with Crippen LogP contribution in [0.25, 0.3) is 21.8 Å². The molecule has 3 heterocycles. The second-order valence-corrected chi connectivity index (χ2v) is 8.97. The molecule has 2 aromatic heterocycles. The van der Waals surface area contributed by atoms with Crippen molar-refractivity contribution >= 4 is 39.3 Å². The zero-order valence-corrected chi connectivity index (χ0v) is 21.0. The lowest BCUT2D eigenvalue weighted by atomic mass is 10.2. The Morgan fingerprint density at radius 2 is 1.92 bits per heavy atom. The maximum Gasteiger partial charge on any atom is 0.237 e. The number of aryl methyl sites for hydroxylation is 1. The van der Waals surface area contributed by atoms with Gasteiger partial charge in [0.2, 0.25) is 11.8 Å². The number of aromatic amines is 1. The number of hydrogen-bond donors (Lipinski definition) is 1. The molecule has 2 aromatic carbocycles. The molecule has 188 valence electrons. The summed E-state index contributed by atoms with van der Waals surface area (Å²) in [4.78, 5) is 27.9. The van der Waals surface area contributed by atoms with Crippen molar-refractivity contribution in [1.82, 2.24) is 24.8 Å². The first-order valence-corrected chi connectivity index (χ1v) is 12.4. The average molecular weight is 510 g/mol. The molecule has 0 radical (unpaired) electrons. The highest BCUT2D eigenvalue weighted by Gasteiger charge is 2.20. The lowest BCUT2D eigenvalue weighted by molar-refractivity contribution is -0.130. The number of benzene rings is 2. The Hall–Kier alpha value is -3.56. The molecule has 10 heteroatoms. The summed E-state index contributed by atoms with van der Waals surface area (Å²) < 4.78 is 17.8. The summed E-state index contributed by atoms with van der Waals surface area (Å²) in [6.07, 6.45) is 1.48. The lowest BCUT2D eigenvalue weighted by Gasteiger charge is -2.34. The summed E-state index contributed by atoms with van der Waals surface area (Å²) >= 11 is 5.66. The van der Waals surface area contributed by atoms with Crippen molar-refractivity contribution in [3.63, 3.8) is 0 Å². The first kappa shape index (κ1) is 24.1. The second kappa shape index (κ2) is 10.6. The molecule has 1 N–H and O–H groups in total. The summed E-state index contributed by atoms with van der Waals surface area (Å²) in [6, 6.07) is 11.6. The Bertz CT molecular complexity index is 1380. The molecule has 9 nitrogen and oxygen atoms in total. The van der Waals surface area contributed by atoms with Gasteiger partial charge in [-0.05, 0) is 37.3 Å². The van der Waals surface area contributed by atoms with Crippen LogP contribution < -0.4 is 14.2 Å². The van der Waals surface area contributed by atoms with Crippen molar-refractivity contribution < 1.29 is 19.0 Å². The van der Waals surface area contributed by atoms with Gasteiger partial charge in [0.25, 0.3) is 0 Å². The molecule has 5 rings (SSSR count). The summed E-state index contributed by atoms with van der Waals surface area (Å²) in [5, 5.41) is 1.80. The maximum absolute atomic E-state index is 11.7. The number of methoxy groups -OCH3 is 1. The third kappa shape index (κ3) is 5.17. The predicted molar refractivity (Wildman–Crippen MR) is 138 cm³/mol. The van der Waals surface area contributed by atoms with E-state index in [1.807, 2.05) is 37.3 Å². The number of H-pyrrole nitrogens is 1. The first-order valence-electron chi connectivity index (χ1n) is 11.8. The third-order valence-electron chi connectivity index (χ3n) is 6.33. The topological polar surface area (TPSA) is 92.8 Å². The Morgan fingerprint density at radius 3 is 2.69 bits per heavy atom. The molecular formula is C26H28ClN5O4. The van der Waals surface area contributed by atoms with Crippen molar-refractivity contribution in [2.24, 2.45) is 0 Å². The van der Waals surface area contributed by atoms with Crippen molar-refractivity contribution in [3.05, 3.63) is 48.4 Å². The van der Waals surface area contributed by atoms with E-state index in [1.54, 1.807) is 12.0 Å². The molecule has 36 heavy (non-hydrogen) atoms. The Balaban J connectivity index is 1.28. The van der Waals surface area contributed by atoms with Crippen LogP contribution in [0.4, 0.5) is 0 Å². The first-order chi connectivity index (χ1) is 17.5. The minimum absolute atomic E-state index is 0.0149. The van der Waals surface area contributed by atoms with Crippen LogP contribution in [0.2, 0.25) is 0 Å². The van der Waals surface area contributed by atoms with Gasteiger partial charge in [-0.3, -0.25) is 9.69 Å². The zero-order valence-electron chi connectivity index (χ0n) is 20.3. The zero-order chi connectivity index (χ0) is 25.1. The van der Waals surface area contributed by atoms with Crippen LogP contribution in [0.3, 0.4) is 0 Å². The lowest BCUT2D eigenvalue weighted by Crippen LogP contribution is -2.49. The fraction of sp³-hybridized carbons (Fsp3) is 0.346. The number of rotatable bonds is 8. The minimum Gasteiger partial charge on any atom is -0.493 e.